The Balaban J connectivity index is 2.94. The number of hydrogen-bond donors (Lipinski definition) is 0. The SMILES string of the molecule is CCOC(=O)Cc1cc(F)c(Br)cc1OC. The van der Waals surface area contributed by atoms with Crippen LogP contribution in [0.5, 0.6) is 5.75 Å². The Bertz CT molecular complexity index is 393. The molecule has 0 aliphatic carbocycles. The average Bonchev–Trinajstić information content (AvgIpc) is 2.23. The summed E-state index contributed by atoms with van der Waals surface area (Å²) in [5, 5.41) is 0. The van der Waals surface area contributed by atoms with Crippen molar-refractivity contribution in [2.45, 2.75) is 13.3 Å². The van der Waals surface area contributed by atoms with E-state index in [9.17, 15) is 9.18 Å². The van der Waals surface area contributed by atoms with Crippen molar-refractivity contribution < 1.29 is 18.7 Å². The van der Waals surface area contributed by atoms with Crippen LogP contribution in [-0.4, -0.2) is 19.7 Å². The summed E-state index contributed by atoms with van der Waals surface area (Å²) in [6.45, 7) is 2.03. The van der Waals surface area contributed by atoms with Crippen molar-refractivity contribution in [2.24, 2.45) is 0 Å². The van der Waals surface area contributed by atoms with Crippen LogP contribution in [0.4, 0.5) is 4.39 Å². The van der Waals surface area contributed by atoms with Gasteiger partial charge in [0.15, 0.2) is 0 Å². The summed E-state index contributed by atoms with van der Waals surface area (Å²) in [6, 6.07) is 2.75. The van der Waals surface area contributed by atoms with Gasteiger partial charge in [0.2, 0.25) is 0 Å². The van der Waals surface area contributed by atoms with Crippen LogP contribution in [0.25, 0.3) is 0 Å². The molecule has 0 aromatic heterocycles. The van der Waals surface area contributed by atoms with Crippen molar-refractivity contribution in [3.63, 3.8) is 0 Å². The highest BCUT2D eigenvalue weighted by Gasteiger charge is 2.13. The molecule has 0 aliphatic heterocycles. The highest BCUT2D eigenvalue weighted by molar-refractivity contribution is 9.10. The maximum atomic E-state index is 13.3. The Labute approximate surface area is 102 Å². The predicted octanol–water partition coefficient (Wildman–Crippen LogP) is 2.70. The van der Waals surface area contributed by atoms with E-state index in [0.717, 1.165) is 0 Å². The first kappa shape index (κ1) is 13.0. The molecule has 0 N–H and O–H groups in total. The van der Waals surface area contributed by atoms with Gasteiger partial charge in [-0.1, -0.05) is 0 Å². The summed E-state index contributed by atoms with van der Waals surface area (Å²) in [7, 11) is 1.47. The predicted molar refractivity (Wildman–Crippen MR) is 61.0 cm³/mol. The van der Waals surface area contributed by atoms with Crippen molar-refractivity contribution in [3.05, 3.63) is 28.0 Å². The van der Waals surface area contributed by atoms with Gasteiger partial charge in [-0.3, -0.25) is 4.79 Å². The zero-order valence-corrected chi connectivity index (χ0v) is 10.6. The highest BCUT2D eigenvalue weighted by Crippen LogP contribution is 2.27. The molecule has 1 aromatic rings. The van der Waals surface area contributed by atoms with Gasteiger partial charge < -0.3 is 9.47 Å². The van der Waals surface area contributed by atoms with Crippen LogP contribution in [0, 0.1) is 5.82 Å². The molecule has 5 heteroatoms. The number of halogens is 2. The van der Waals surface area contributed by atoms with Crippen molar-refractivity contribution in [3.8, 4) is 5.75 Å². The van der Waals surface area contributed by atoms with Gasteiger partial charge in [-0.15, -0.1) is 0 Å². The van der Waals surface area contributed by atoms with Crippen molar-refractivity contribution in [1.29, 1.82) is 0 Å². The molecule has 0 amide bonds. The van der Waals surface area contributed by atoms with E-state index in [1.54, 1.807) is 6.92 Å². The van der Waals surface area contributed by atoms with Crippen LogP contribution >= 0.6 is 15.9 Å². The lowest BCUT2D eigenvalue weighted by molar-refractivity contribution is -0.142. The number of esters is 1. The number of hydrogen-bond acceptors (Lipinski definition) is 3. The van der Waals surface area contributed by atoms with E-state index in [0.29, 0.717) is 22.4 Å². The van der Waals surface area contributed by atoms with Crippen LogP contribution < -0.4 is 4.74 Å². The van der Waals surface area contributed by atoms with Crippen molar-refractivity contribution in [1.82, 2.24) is 0 Å². The number of methoxy groups -OCH3 is 1. The van der Waals surface area contributed by atoms with Gasteiger partial charge in [0, 0.05) is 5.56 Å². The fourth-order valence-electron chi connectivity index (χ4n) is 1.27. The van der Waals surface area contributed by atoms with Gasteiger partial charge in [-0.05, 0) is 35.0 Å². The first-order chi connectivity index (χ1) is 7.58. The molecular weight excluding hydrogens is 279 g/mol. The first-order valence-corrected chi connectivity index (χ1v) is 5.55. The second-order valence-electron chi connectivity index (χ2n) is 3.06. The van der Waals surface area contributed by atoms with Gasteiger partial charge in [0.25, 0.3) is 0 Å². The molecule has 0 fully saturated rings. The molecule has 0 saturated heterocycles. The normalized spacial score (nSPS) is 10.0. The zero-order chi connectivity index (χ0) is 12.1. The Morgan fingerprint density at radius 1 is 1.50 bits per heavy atom. The number of rotatable bonds is 4. The molecule has 88 valence electrons. The highest BCUT2D eigenvalue weighted by atomic mass is 79.9. The smallest absolute Gasteiger partial charge is 0.310 e. The van der Waals surface area contributed by atoms with E-state index < -0.39 is 11.8 Å². The van der Waals surface area contributed by atoms with Crippen LogP contribution in [0.1, 0.15) is 12.5 Å². The minimum Gasteiger partial charge on any atom is -0.496 e. The third-order valence-electron chi connectivity index (χ3n) is 1.96. The van der Waals surface area contributed by atoms with Crippen LogP contribution in [0.3, 0.4) is 0 Å². The molecule has 0 bridgehead atoms. The second kappa shape index (κ2) is 5.84. The molecule has 0 spiro atoms. The number of carbonyl (C=O) groups excluding carboxylic acids is 1. The van der Waals surface area contributed by atoms with Gasteiger partial charge in [0.05, 0.1) is 24.6 Å². The third kappa shape index (κ3) is 3.20. The molecule has 0 unspecified atom stereocenters. The van der Waals surface area contributed by atoms with Crippen molar-refractivity contribution in [2.75, 3.05) is 13.7 Å². The lowest BCUT2D eigenvalue weighted by atomic mass is 10.1. The minimum absolute atomic E-state index is 0.00120. The molecule has 0 aliphatic rings. The largest absolute Gasteiger partial charge is 0.496 e. The summed E-state index contributed by atoms with van der Waals surface area (Å²) in [6.07, 6.45) is 0.00120. The molecule has 0 saturated carbocycles. The molecule has 1 rings (SSSR count). The monoisotopic (exact) mass is 290 g/mol. The number of benzene rings is 1. The second-order valence-corrected chi connectivity index (χ2v) is 3.91. The lowest BCUT2D eigenvalue weighted by Gasteiger charge is -2.09. The van der Waals surface area contributed by atoms with Crippen LogP contribution in [0.2, 0.25) is 0 Å². The fourth-order valence-corrected chi connectivity index (χ4v) is 1.59. The summed E-state index contributed by atoms with van der Waals surface area (Å²) in [5.41, 5.74) is 0.474. The zero-order valence-electron chi connectivity index (χ0n) is 9.05. The molecule has 0 radical (unpaired) electrons. The average molecular weight is 291 g/mol. The Hall–Kier alpha value is -1.10. The molecule has 0 heterocycles. The molecule has 1 aromatic carbocycles. The fraction of sp³-hybridized carbons (Fsp3) is 0.364. The lowest BCUT2D eigenvalue weighted by Crippen LogP contribution is -2.08. The summed E-state index contributed by atoms with van der Waals surface area (Å²) >= 11 is 3.05. The number of carbonyl (C=O) groups is 1. The number of ether oxygens (including phenoxy) is 2. The van der Waals surface area contributed by atoms with Crippen LogP contribution in [0.15, 0.2) is 16.6 Å². The summed E-state index contributed by atoms with van der Waals surface area (Å²) < 4.78 is 23.4. The topological polar surface area (TPSA) is 35.5 Å². The minimum atomic E-state index is -0.430. The maximum Gasteiger partial charge on any atom is 0.310 e. The van der Waals surface area contributed by atoms with E-state index >= 15 is 0 Å². The first-order valence-electron chi connectivity index (χ1n) is 4.76. The van der Waals surface area contributed by atoms with E-state index in [4.69, 9.17) is 9.47 Å². The molecule has 0 atom stereocenters. The van der Waals surface area contributed by atoms with E-state index in [-0.39, 0.29) is 6.42 Å². The Morgan fingerprint density at radius 2 is 2.19 bits per heavy atom. The summed E-state index contributed by atoms with van der Waals surface area (Å²) in [4.78, 5) is 11.3. The van der Waals surface area contributed by atoms with Gasteiger partial charge >= 0.3 is 5.97 Å². The maximum absolute atomic E-state index is 13.3. The van der Waals surface area contributed by atoms with Gasteiger partial charge in [-0.2, -0.15) is 0 Å². The van der Waals surface area contributed by atoms with Crippen LogP contribution in [-0.2, 0) is 16.0 Å². The quantitative estimate of drug-likeness (QED) is 0.800. The molecule has 3 nitrogen and oxygen atoms in total. The van der Waals surface area contributed by atoms with E-state index in [1.165, 1.54) is 19.2 Å². The molecular formula is C11H12BrFO3. The third-order valence-corrected chi connectivity index (χ3v) is 2.57. The molecule has 16 heavy (non-hydrogen) atoms. The standard InChI is InChI=1S/C11H12BrFO3/c1-3-16-11(14)5-7-4-9(13)8(12)6-10(7)15-2/h4,6H,3,5H2,1-2H3. The van der Waals surface area contributed by atoms with Crippen molar-refractivity contribution >= 4 is 21.9 Å². The van der Waals surface area contributed by atoms with Gasteiger partial charge in [0.1, 0.15) is 11.6 Å². The summed E-state index contributed by atoms with van der Waals surface area (Å²) in [5.74, 6) is -0.371. The van der Waals surface area contributed by atoms with E-state index in [1.807, 2.05) is 0 Å². The van der Waals surface area contributed by atoms with Gasteiger partial charge in [-0.25, -0.2) is 4.39 Å². The van der Waals surface area contributed by atoms with E-state index in [2.05, 4.69) is 15.9 Å². The Kier molecular flexibility index (Phi) is 4.73. The Morgan fingerprint density at radius 3 is 2.75 bits per heavy atom.